The van der Waals surface area contributed by atoms with Gasteiger partial charge in [-0.3, -0.25) is 20.2 Å². The number of ether oxygens (including phenoxy) is 3. The van der Waals surface area contributed by atoms with E-state index in [0.29, 0.717) is 28.5 Å². The highest BCUT2D eigenvalue weighted by Gasteiger charge is 2.18. The minimum atomic E-state index is -0.514. The predicted octanol–water partition coefficient (Wildman–Crippen LogP) is 3.06. The van der Waals surface area contributed by atoms with E-state index in [1.165, 1.54) is 45.6 Å². The molecule has 0 radical (unpaired) electrons. The van der Waals surface area contributed by atoms with Crippen molar-refractivity contribution in [2.45, 2.75) is 6.92 Å². The van der Waals surface area contributed by atoms with E-state index in [2.05, 4.69) is 10.6 Å². The van der Waals surface area contributed by atoms with Crippen molar-refractivity contribution in [3.05, 3.63) is 51.6 Å². The maximum Gasteiger partial charge on any atom is 0.274 e. The summed E-state index contributed by atoms with van der Waals surface area (Å²) in [6, 6.07) is 7.51. The fraction of sp³-hybridized carbons (Fsp3) is 0.222. The van der Waals surface area contributed by atoms with E-state index >= 15 is 0 Å². The first kappa shape index (κ1) is 20.9. The number of anilines is 1. The molecule has 0 aliphatic carbocycles. The van der Waals surface area contributed by atoms with Crippen LogP contribution in [0.5, 0.6) is 17.2 Å². The fourth-order valence-electron chi connectivity index (χ4n) is 2.50. The number of hydrogen-bond donors (Lipinski definition) is 2. The van der Waals surface area contributed by atoms with Gasteiger partial charge in [-0.05, 0) is 37.3 Å². The Morgan fingerprint density at radius 2 is 1.71 bits per heavy atom. The number of carbonyl (C=O) groups excluding carboxylic acids is 1. The molecule has 0 atom stereocenters. The van der Waals surface area contributed by atoms with Gasteiger partial charge in [0, 0.05) is 11.6 Å². The molecule has 0 fully saturated rings. The average Bonchev–Trinajstić information content (AvgIpc) is 2.67. The highest BCUT2D eigenvalue weighted by molar-refractivity contribution is 7.80. The van der Waals surface area contributed by atoms with Crippen molar-refractivity contribution >= 4 is 34.6 Å². The van der Waals surface area contributed by atoms with Crippen LogP contribution >= 0.6 is 12.2 Å². The molecular formula is C18H19N3O6S. The molecule has 0 heterocycles. The average molecular weight is 405 g/mol. The molecule has 1 amide bonds. The van der Waals surface area contributed by atoms with Crippen LogP contribution in [-0.4, -0.2) is 37.3 Å². The van der Waals surface area contributed by atoms with Crippen molar-refractivity contribution in [2.24, 2.45) is 0 Å². The van der Waals surface area contributed by atoms with E-state index in [9.17, 15) is 14.9 Å². The van der Waals surface area contributed by atoms with Gasteiger partial charge in [0.2, 0.25) is 5.75 Å². The molecule has 2 N–H and O–H groups in total. The van der Waals surface area contributed by atoms with Crippen LogP contribution in [0.25, 0.3) is 0 Å². The predicted molar refractivity (Wildman–Crippen MR) is 108 cm³/mol. The molecule has 2 aromatic carbocycles. The number of methoxy groups -OCH3 is 3. The minimum absolute atomic E-state index is 0.0117. The Balaban J connectivity index is 2.20. The van der Waals surface area contributed by atoms with Gasteiger partial charge in [0.25, 0.3) is 11.6 Å². The fourth-order valence-corrected chi connectivity index (χ4v) is 2.70. The highest BCUT2D eigenvalue weighted by atomic mass is 32.1. The zero-order chi connectivity index (χ0) is 20.8. The summed E-state index contributed by atoms with van der Waals surface area (Å²) in [5, 5.41) is 16.3. The van der Waals surface area contributed by atoms with Crippen molar-refractivity contribution in [3.63, 3.8) is 0 Å². The largest absolute Gasteiger partial charge is 0.493 e. The van der Waals surface area contributed by atoms with Gasteiger partial charge in [-0.25, -0.2) is 0 Å². The van der Waals surface area contributed by atoms with Crippen LogP contribution in [0.1, 0.15) is 15.9 Å². The van der Waals surface area contributed by atoms with Gasteiger partial charge in [0.05, 0.1) is 37.5 Å². The third-order valence-corrected chi connectivity index (χ3v) is 4.11. The third kappa shape index (κ3) is 4.46. The molecule has 0 aromatic heterocycles. The maximum atomic E-state index is 12.5. The lowest BCUT2D eigenvalue weighted by Gasteiger charge is -2.15. The number of nitrogens with zero attached hydrogens (tertiary/aromatic N) is 1. The molecule has 2 aromatic rings. The first-order valence-electron chi connectivity index (χ1n) is 7.98. The number of benzene rings is 2. The molecule has 10 heteroatoms. The SMILES string of the molecule is COc1cc(C(=O)NC(=S)Nc2cccc([N+](=O)[O-])c2C)cc(OC)c1OC. The second-order valence-electron chi connectivity index (χ2n) is 5.53. The summed E-state index contributed by atoms with van der Waals surface area (Å²) >= 11 is 5.15. The molecule has 2 rings (SSSR count). The summed E-state index contributed by atoms with van der Waals surface area (Å²) in [7, 11) is 4.34. The maximum absolute atomic E-state index is 12.5. The number of nitrogens with one attached hydrogen (secondary N) is 2. The molecule has 0 bridgehead atoms. The zero-order valence-electron chi connectivity index (χ0n) is 15.7. The topological polar surface area (TPSA) is 112 Å². The molecule has 148 valence electrons. The molecule has 28 heavy (non-hydrogen) atoms. The summed E-state index contributed by atoms with van der Waals surface area (Å²) in [5.41, 5.74) is 0.999. The van der Waals surface area contributed by atoms with E-state index in [4.69, 9.17) is 26.4 Å². The monoisotopic (exact) mass is 405 g/mol. The summed E-state index contributed by atoms with van der Waals surface area (Å²) in [6.45, 7) is 1.59. The Labute approximate surface area is 166 Å². The Morgan fingerprint density at radius 1 is 1.11 bits per heavy atom. The number of thiocarbonyl (C=S) groups is 1. The van der Waals surface area contributed by atoms with Crippen LogP contribution < -0.4 is 24.8 Å². The molecule has 0 saturated heterocycles. The Kier molecular flexibility index (Phi) is 6.72. The third-order valence-electron chi connectivity index (χ3n) is 3.90. The molecule has 9 nitrogen and oxygen atoms in total. The van der Waals surface area contributed by atoms with Crippen LogP contribution in [0.4, 0.5) is 11.4 Å². The summed E-state index contributed by atoms with van der Waals surface area (Å²) in [4.78, 5) is 23.1. The van der Waals surface area contributed by atoms with Crippen LogP contribution in [0.2, 0.25) is 0 Å². The Morgan fingerprint density at radius 3 is 2.21 bits per heavy atom. The molecule has 0 saturated carbocycles. The van der Waals surface area contributed by atoms with Crippen LogP contribution in [0.15, 0.2) is 30.3 Å². The molecule has 0 spiro atoms. The van der Waals surface area contributed by atoms with Crippen molar-refractivity contribution in [2.75, 3.05) is 26.6 Å². The normalized spacial score (nSPS) is 10.0. The van der Waals surface area contributed by atoms with Gasteiger partial charge in [-0.1, -0.05) is 6.07 Å². The van der Waals surface area contributed by atoms with Crippen molar-refractivity contribution in [1.29, 1.82) is 0 Å². The zero-order valence-corrected chi connectivity index (χ0v) is 16.5. The molecule has 0 aliphatic heterocycles. The van der Waals surface area contributed by atoms with Crippen LogP contribution in [-0.2, 0) is 0 Å². The van der Waals surface area contributed by atoms with Crippen LogP contribution in [0, 0.1) is 17.0 Å². The first-order chi connectivity index (χ1) is 13.3. The lowest BCUT2D eigenvalue weighted by atomic mass is 10.1. The second kappa shape index (κ2) is 9.00. The second-order valence-corrected chi connectivity index (χ2v) is 5.94. The molecular weight excluding hydrogens is 386 g/mol. The number of nitro groups is 1. The molecule has 0 unspecified atom stereocenters. The number of nitro benzene ring substituents is 1. The standard InChI is InChI=1S/C18H19N3O6S/c1-10-12(6-5-7-13(10)21(23)24)19-18(28)20-17(22)11-8-14(25-2)16(27-4)15(9-11)26-3/h5-9H,1-4H3,(H2,19,20,22,28). The highest BCUT2D eigenvalue weighted by Crippen LogP contribution is 2.38. The molecule has 0 aliphatic rings. The van der Waals surface area contributed by atoms with E-state index in [-0.39, 0.29) is 16.4 Å². The van der Waals surface area contributed by atoms with E-state index < -0.39 is 10.8 Å². The van der Waals surface area contributed by atoms with E-state index in [1.807, 2.05) is 0 Å². The van der Waals surface area contributed by atoms with E-state index in [1.54, 1.807) is 13.0 Å². The van der Waals surface area contributed by atoms with Gasteiger partial charge >= 0.3 is 0 Å². The number of carbonyl (C=O) groups is 1. The lowest BCUT2D eigenvalue weighted by molar-refractivity contribution is -0.385. The summed E-state index contributed by atoms with van der Waals surface area (Å²) in [6.07, 6.45) is 0. The minimum Gasteiger partial charge on any atom is -0.493 e. The summed E-state index contributed by atoms with van der Waals surface area (Å²) < 4.78 is 15.7. The van der Waals surface area contributed by atoms with Gasteiger partial charge in [0.1, 0.15) is 0 Å². The lowest BCUT2D eigenvalue weighted by Crippen LogP contribution is -2.34. The van der Waals surface area contributed by atoms with Gasteiger partial charge in [-0.15, -0.1) is 0 Å². The van der Waals surface area contributed by atoms with Gasteiger partial charge < -0.3 is 19.5 Å². The van der Waals surface area contributed by atoms with Gasteiger partial charge in [-0.2, -0.15) is 0 Å². The van der Waals surface area contributed by atoms with Crippen molar-refractivity contribution in [3.8, 4) is 17.2 Å². The van der Waals surface area contributed by atoms with Crippen molar-refractivity contribution < 1.29 is 23.9 Å². The Bertz CT molecular complexity index is 907. The summed E-state index contributed by atoms with van der Waals surface area (Å²) in [5.74, 6) is 0.482. The number of amides is 1. The van der Waals surface area contributed by atoms with Gasteiger partial charge in [0.15, 0.2) is 16.6 Å². The van der Waals surface area contributed by atoms with E-state index in [0.717, 1.165) is 0 Å². The number of hydrogen-bond acceptors (Lipinski definition) is 7. The first-order valence-corrected chi connectivity index (χ1v) is 8.39. The smallest absolute Gasteiger partial charge is 0.274 e. The van der Waals surface area contributed by atoms with Crippen LogP contribution in [0.3, 0.4) is 0 Å². The number of rotatable bonds is 6. The Hall–Kier alpha value is -3.40. The quantitative estimate of drug-likeness (QED) is 0.428. The van der Waals surface area contributed by atoms with Crippen molar-refractivity contribution in [1.82, 2.24) is 5.32 Å².